The maximum absolute atomic E-state index is 11.2. The Labute approximate surface area is 126 Å². The molecule has 0 aromatic heterocycles. The summed E-state index contributed by atoms with van der Waals surface area (Å²) in [6.45, 7) is 4.40. The molecule has 1 fully saturated rings. The predicted molar refractivity (Wildman–Crippen MR) is 68.2 cm³/mol. The van der Waals surface area contributed by atoms with E-state index in [-0.39, 0.29) is 6.61 Å². The Morgan fingerprint density at radius 2 is 1.27 bits per heavy atom. The Morgan fingerprint density at radius 1 is 0.773 bits per heavy atom. The summed E-state index contributed by atoms with van der Waals surface area (Å²) >= 11 is 0. The fraction of sp³-hybridized carbons (Fsp3) is 0.692. The van der Waals surface area contributed by atoms with Crippen molar-refractivity contribution in [3.8, 4) is 0 Å². The van der Waals surface area contributed by atoms with E-state index < -0.39 is 48.5 Å². The van der Waals surface area contributed by atoms with Gasteiger partial charge in [0.1, 0.15) is 12.7 Å². The van der Waals surface area contributed by atoms with Crippen LogP contribution in [0.3, 0.4) is 0 Å². The summed E-state index contributed by atoms with van der Waals surface area (Å²) < 4.78 is 25.2. The lowest BCUT2D eigenvalue weighted by Crippen LogP contribution is -2.42. The van der Waals surface area contributed by atoms with Gasteiger partial charge in [-0.05, 0) is 0 Å². The Kier molecular flexibility index (Phi) is 6.29. The van der Waals surface area contributed by atoms with E-state index in [0.29, 0.717) is 0 Å². The Balaban J connectivity index is 2.94. The molecule has 1 aliphatic heterocycles. The third-order valence-electron chi connectivity index (χ3n) is 2.60. The van der Waals surface area contributed by atoms with Gasteiger partial charge in [-0.1, -0.05) is 0 Å². The zero-order valence-corrected chi connectivity index (χ0v) is 12.7. The van der Waals surface area contributed by atoms with Gasteiger partial charge in [0.05, 0.1) is 0 Å². The van der Waals surface area contributed by atoms with Crippen molar-refractivity contribution in [3.63, 3.8) is 0 Å². The molecule has 1 unspecified atom stereocenters. The molecule has 0 N–H and O–H groups in total. The van der Waals surface area contributed by atoms with Crippen LogP contribution < -0.4 is 0 Å². The van der Waals surface area contributed by atoms with E-state index in [2.05, 4.69) is 0 Å². The molecule has 0 radical (unpaired) electrons. The fourth-order valence-electron chi connectivity index (χ4n) is 1.93. The molecule has 1 heterocycles. The van der Waals surface area contributed by atoms with Crippen molar-refractivity contribution in [1.29, 1.82) is 0 Å². The summed E-state index contributed by atoms with van der Waals surface area (Å²) in [4.78, 5) is 44.4. The molecule has 1 aliphatic rings. The summed E-state index contributed by atoms with van der Waals surface area (Å²) in [6, 6.07) is 0. The highest BCUT2D eigenvalue weighted by Gasteiger charge is 2.51. The smallest absolute Gasteiger partial charge is 0.305 e. The van der Waals surface area contributed by atoms with E-state index in [4.69, 9.17) is 23.7 Å². The zero-order chi connectivity index (χ0) is 16.9. The third kappa shape index (κ3) is 5.32. The Bertz CT molecular complexity index is 458. The second-order valence-electron chi connectivity index (χ2n) is 4.60. The molecule has 0 bridgehead atoms. The molecular formula is C13H18O9. The molecule has 0 amide bonds. The van der Waals surface area contributed by atoms with E-state index >= 15 is 0 Å². The molecule has 124 valence electrons. The first-order valence-corrected chi connectivity index (χ1v) is 6.51. The van der Waals surface area contributed by atoms with Crippen LogP contribution in [0, 0.1) is 0 Å². The second kappa shape index (κ2) is 7.74. The standard InChI is InChI=1S/C13H18O9/c1-6(14)18-5-10-11(19-7(2)15)12(20-8(3)16)13(22-10)21-9(4)17/h10-13H,5H2,1-4H3/t10-,11+,12+,13?/m1/s1. The first-order chi connectivity index (χ1) is 10.2. The zero-order valence-electron chi connectivity index (χ0n) is 12.7. The van der Waals surface area contributed by atoms with Crippen LogP contribution in [0.2, 0.25) is 0 Å². The van der Waals surface area contributed by atoms with Crippen LogP contribution in [0.25, 0.3) is 0 Å². The normalized spacial score (nSPS) is 26.9. The van der Waals surface area contributed by atoms with Gasteiger partial charge in [-0.25, -0.2) is 0 Å². The Hall–Kier alpha value is -2.16. The molecule has 1 saturated heterocycles. The molecule has 0 aromatic rings. The topological polar surface area (TPSA) is 114 Å². The summed E-state index contributed by atoms with van der Waals surface area (Å²) in [7, 11) is 0. The average Bonchev–Trinajstić information content (AvgIpc) is 2.63. The summed E-state index contributed by atoms with van der Waals surface area (Å²) in [5.41, 5.74) is 0. The van der Waals surface area contributed by atoms with Gasteiger partial charge in [0.25, 0.3) is 0 Å². The maximum atomic E-state index is 11.2. The van der Waals surface area contributed by atoms with Crippen LogP contribution >= 0.6 is 0 Å². The number of hydrogen-bond acceptors (Lipinski definition) is 9. The molecule has 9 heteroatoms. The van der Waals surface area contributed by atoms with Crippen LogP contribution in [-0.4, -0.2) is 55.1 Å². The summed E-state index contributed by atoms with van der Waals surface area (Å²) in [5.74, 6) is -2.56. The van der Waals surface area contributed by atoms with Gasteiger partial charge in [0.2, 0.25) is 12.4 Å². The van der Waals surface area contributed by atoms with E-state index in [0.717, 1.165) is 20.8 Å². The average molecular weight is 318 g/mol. The van der Waals surface area contributed by atoms with Crippen molar-refractivity contribution >= 4 is 23.9 Å². The van der Waals surface area contributed by atoms with Gasteiger partial charge in [-0.3, -0.25) is 19.2 Å². The monoisotopic (exact) mass is 318 g/mol. The van der Waals surface area contributed by atoms with Crippen LogP contribution in [0.5, 0.6) is 0 Å². The lowest BCUT2D eigenvalue weighted by Gasteiger charge is -2.22. The molecule has 9 nitrogen and oxygen atoms in total. The molecule has 1 rings (SSSR count). The quantitative estimate of drug-likeness (QED) is 0.497. The summed E-state index contributed by atoms with van der Waals surface area (Å²) in [6.07, 6.45) is -4.40. The molecular weight excluding hydrogens is 300 g/mol. The molecule has 0 saturated carbocycles. The number of hydrogen-bond donors (Lipinski definition) is 0. The first-order valence-electron chi connectivity index (χ1n) is 6.51. The van der Waals surface area contributed by atoms with Crippen LogP contribution in [0.4, 0.5) is 0 Å². The van der Waals surface area contributed by atoms with Gasteiger partial charge in [-0.2, -0.15) is 0 Å². The molecule has 22 heavy (non-hydrogen) atoms. The van der Waals surface area contributed by atoms with E-state index in [1.54, 1.807) is 0 Å². The predicted octanol–water partition coefficient (Wildman–Crippen LogP) is -0.299. The SMILES string of the molecule is CC(=O)OC[C@H]1OC(OC(C)=O)[C@@H](OC(C)=O)[C@H]1OC(C)=O. The highest BCUT2D eigenvalue weighted by atomic mass is 16.8. The largest absolute Gasteiger partial charge is 0.463 e. The number of carbonyl (C=O) groups excluding carboxylic acids is 4. The first kappa shape index (κ1) is 17.9. The molecule has 0 spiro atoms. The van der Waals surface area contributed by atoms with Gasteiger partial charge >= 0.3 is 23.9 Å². The van der Waals surface area contributed by atoms with Gasteiger partial charge in [-0.15, -0.1) is 0 Å². The molecule has 4 atom stereocenters. The van der Waals surface area contributed by atoms with Crippen LogP contribution in [0.15, 0.2) is 0 Å². The number of ether oxygens (including phenoxy) is 5. The van der Waals surface area contributed by atoms with Crippen LogP contribution in [0.1, 0.15) is 27.7 Å². The van der Waals surface area contributed by atoms with Crippen molar-refractivity contribution in [1.82, 2.24) is 0 Å². The third-order valence-corrected chi connectivity index (χ3v) is 2.60. The van der Waals surface area contributed by atoms with E-state index in [1.165, 1.54) is 6.92 Å². The van der Waals surface area contributed by atoms with Crippen molar-refractivity contribution in [2.75, 3.05) is 6.61 Å². The van der Waals surface area contributed by atoms with Crippen molar-refractivity contribution < 1.29 is 42.9 Å². The van der Waals surface area contributed by atoms with E-state index in [9.17, 15) is 19.2 Å². The lowest BCUT2D eigenvalue weighted by atomic mass is 10.1. The van der Waals surface area contributed by atoms with Crippen molar-refractivity contribution in [2.24, 2.45) is 0 Å². The fourth-order valence-corrected chi connectivity index (χ4v) is 1.93. The van der Waals surface area contributed by atoms with Gasteiger partial charge in [0.15, 0.2) is 6.10 Å². The second-order valence-corrected chi connectivity index (χ2v) is 4.60. The van der Waals surface area contributed by atoms with Crippen molar-refractivity contribution in [3.05, 3.63) is 0 Å². The number of esters is 4. The minimum Gasteiger partial charge on any atom is -0.463 e. The highest BCUT2D eigenvalue weighted by Crippen LogP contribution is 2.28. The van der Waals surface area contributed by atoms with E-state index in [1.807, 2.05) is 0 Å². The Morgan fingerprint density at radius 3 is 1.73 bits per heavy atom. The number of rotatable bonds is 5. The lowest BCUT2D eigenvalue weighted by molar-refractivity contribution is -0.197. The highest BCUT2D eigenvalue weighted by molar-refractivity contribution is 5.68. The van der Waals surface area contributed by atoms with Gasteiger partial charge < -0.3 is 23.7 Å². The minimum atomic E-state index is -1.26. The minimum absolute atomic E-state index is 0.247. The number of carbonyl (C=O) groups is 4. The van der Waals surface area contributed by atoms with Crippen LogP contribution in [-0.2, 0) is 42.9 Å². The maximum Gasteiger partial charge on any atom is 0.305 e. The molecule has 0 aromatic carbocycles. The van der Waals surface area contributed by atoms with Crippen molar-refractivity contribution in [2.45, 2.75) is 52.3 Å². The summed E-state index contributed by atoms with van der Waals surface area (Å²) in [5, 5.41) is 0. The van der Waals surface area contributed by atoms with Gasteiger partial charge in [0, 0.05) is 27.7 Å². The molecule has 0 aliphatic carbocycles.